The van der Waals surface area contributed by atoms with Gasteiger partial charge in [0.15, 0.2) is 0 Å². The first kappa shape index (κ1) is 18.0. The molecule has 1 aromatic heterocycles. The van der Waals surface area contributed by atoms with Crippen LogP contribution in [0.25, 0.3) is 0 Å². The lowest BCUT2D eigenvalue weighted by Crippen LogP contribution is -2.36. The van der Waals surface area contributed by atoms with E-state index in [2.05, 4.69) is 20.5 Å². The van der Waals surface area contributed by atoms with Gasteiger partial charge in [0, 0.05) is 36.3 Å². The lowest BCUT2D eigenvalue weighted by atomic mass is 10.2. The number of anilines is 4. The van der Waals surface area contributed by atoms with Gasteiger partial charge in [0.1, 0.15) is 5.82 Å². The highest BCUT2D eigenvalue weighted by atomic mass is 16.5. The van der Waals surface area contributed by atoms with Crippen molar-refractivity contribution in [2.24, 2.45) is 0 Å². The Labute approximate surface area is 164 Å². The third kappa shape index (κ3) is 4.47. The monoisotopic (exact) mass is 374 g/mol. The molecule has 0 spiro atoms. The van der Waals surface area contributed by atoms with Crippen LogP contribution in [-0.4, -0.2) is 37.2 Å². The number of hydrogen-bond acceptors (Lipinski definition) is 5. The number of ether oxygens (including phenoxy) is 1. The van der Waals surface area contributed by atoms with Gasteiger partial charge >= 0.3 is 0 Å². The first-order chi connectivity index (χ1) is 13.8. The minimum absolute atomic E-state index is 0.176. The molecule has 2 N–H and O–H groups in total. The third-order valence-corrected chi connectivity index (χ3v) is 4.55. The van der Waals surface area contributed by atoms with Crippen LogP contribution in [-0.2, 0) is 4.74 Å². The molecule has 28 heavy (non-hydrogen) atoms. The summed E-state index contributed by atoms with van der Waals surface area (Å²) in [5, 5.41) is 6.23. The summed E-state index contributed by atoms with van der Waals surface area (Å²) in [4.78, 5) is 19.1. The normalized spacial score (nSPS) is 13.8. The molecule has 0 bridgehead atoms. The van der Waals surface area contributed by atoms with Gasteiger partial charge in [-0.1, -0.05) is 18.2 Å². The first-order valence-electron chi connectivity index (χ1n) is 9.30. The largest absolute Gasteiger partial charge is 0.378 e. The first-order valence-corrected chi connectivity index (χ1v) is 9.30. The molecule has 6 heteroatoms. The molecule has 2 aromatic carbocycles. The lowest BCUT2D eigenvalue weighted by Gasteiger charge is -2.27. The summed E-state index contributed by atoms with van der Waals surface area (Å²) >= 11 is 0. The molecule has 0 atom stereocenters. The van der Waals surface area contributed by atoms with Crippen molar-refractivity contribution in [1.82, 2.24) is 4.98 Å². The standard InChI is InChI=1S/C22H22N4O2/c27-22(17-6-11-21(23-16-17)26-12-14-28-15-13-26)25-20-9-7-19(8-10-20)24-18-4-2-1-3-5-18/h1-11,16,24H,12-15H2,(H,25,27). The Morgan fingerprint density at radius 2 is 1.54 bits per heavy atom. The second-order valence-electron chi connectivity index (χ2n) is 6.53. The van der Waals surface area contributed by atoms with Gasteiger partial charge in [-0.15, -0.1) is 0 Å². The number of para-hydroxylation sites is 1. The van der Waals surface area contributed by atoms with Crippen LogP contribution in [0, 0.1) is 0 Å². The van der Waals surface area contributed by atoms with Crippen LogP contribution in [0.4, 0.5) is 22.9 Å². The second-order valence-corrected chi connectivity index (χ2v) is 6.53. The Kier molecular flexibility index (Phi) is 5.49. The van der Waals surface area contributed by atoms with Gasteiger partial charge in [-0.05, 0) is 48.5 Å². The van der Waals surface area contributed by atoms with E-state index in [0.717, 1.165) is 36.0 Å². The zero-order valence-electron chi connectivity index (χ0n) is 15.5. The van der Waals surface area contributed by atoms with Crippen molar-refractivity contribution in [3.63, 3.8) is 0 Å². The van der Waals surface area contributed by atoms with Gasteiger partial charge in [-0.3, -0.25) is 4.79 Å². The minimum Gasteiger partial charge on any atom is -0.378 e. The summed E-state index contributed by atoms with van der Waals surface area (Å²) in [5.74, 6) is 0.695. The fourth-order valence-corrected chi connectivity index (χ4v) is 3.03. The van der Waals surface area contributed by atoms with Crippen LogP contribution in [0.3, 0.4) is 0 Å². The lowest BCUT2D eigenvalue weighted by molar-refractivity contribution is 0.102. The predicted octanol–water partition coefficient (Wildman–Crippen LogP) is 3.91. The molecule has 0 radical (unpaired) electrons. The fraction of sp³-hybridized carbons (Fsp3) is 0.182. The van der Waals surface area contributed by atoms with Gasteiger partial charge in [0.25, 0.3) is 5.91 Å². The van der Waals surface area contributed by atoms with E-state index < -0.39 is 0 Å². The summed E-state index contributed by atoms with van der Waals surface area (Å²) in [5.41, 5.74) is 3.25. The average Bonchev–Trinajstić information content (AvgIpc) is 2.76. The quantitative estimate of drug-likeness (QED) is 0.709. The van der Waals surface area contributed by atoms with Crippen LogP contribution < -0.4 is 15.5 Å². The molecule has 142 valence electrons. The molecular weight excluding hydrogens is 352 g/mol. The van der Waals surface area contributed by atoms with E-state index in [9.17, 15) is 4.79 Å². The maximum absolute atomic E-state index is 12.5. The Bertz CT molecular complexity index is 906. The summed E-state index contributed by atoms with van der Waals surface area (Å²) in [6.45, 7) is 3.06. The van der Waals surface area contributed by atoms with E-state index in [0.29, 0.717) is 18.8 Å². The van der Waals surface area contributed by atoms with Gasteiger partial charge in [0.2, 0.25) is 0 Å². The number of benzene rings is 2. The smallest absolute Gasteiger partial charge is 0.257 e. The number of aromatic nitrogens is 1. The fourth-order valence-electron chi connectivity index (χ4n) is 3.03. The number of amides is 1. The number of rotatable bonds is 5. The molecule has 6 nitrogen and oxygen atoms in total. The van der Waals surface area contributed by atoms with Crippen LogP contribution >= 0.6 is 0 Å². The Morgan fingerprint density at radius 1 is 0.857 bits per heavy atom. The Morgan fingerprint density at radius 3 is 2.21 bits per heavy atom. The second kappa shape index (κ2) is 8.54. The van der Waals surface area contributed by atoms with Crippen molar-refractivity contribution in [3.05, 3.63) is 78.5 Å². The molecule has 0 aliphatic carbocycles. The topological polar surface area (TPSA) is 66.5 Å². The van der Waals surface area contributed by atoms with E-state index in [1.54, 1.807) is 12.3 Å². The molecule has 4 rings (SSSR count). The predicted molar refractivity (Wildman–Crippen MR) is 111 cm³/mol. The van der Waals surface area contributed by atoms with Gasteiger partial charge in [0.05, 0.1) is 18.8 Å². The van der Waals surface area contributed by atoms with E-state index in [1.165, 1.54) is 0 Å². The third-order valence-electron chi connectivity index (χ3n) is 4.55. The minimum atomic E-state index is -0.176. The van der Waals surface area contributed by atoms with E-state index in [4.69, 9.17) is 4.74 Å². The molecule has 1 aliphatic rings. The van der Waals surface area contributed by atoms with E-state index in [1.807, 2.05) is 60.7 Å². The van der Waals surface area contributed by atoms with Gasteiger partial charge in [-0.25, -0.2) is 4.98 Å². The van der Waals surface area contributed by atoms with Crippen LogP contribution in [0.5, 0.6) is 0 Å². The summed E-state index contributed by atoms with van der Waals surface area (Å²) in [6, 6.07) is 21.2. The number of nitrogens with zero attached hydrogens (tertiary/aromatic N) is 2. The molecule has 3 aromatic rings. The highest BCUT2D eigenvalue weighted by Crippen LogP contribution is 2.19. The zero-order valence-corrected chi connectivity index (χ0v) is 15.5. The number of nitrogens with one attached hydrogen (secondary N) is 2. The summed E-state index contributed by atoms with van der Waals surface area (Å²) in [6.07, 6.45) is 1.62. The molecule has 2 heterocycles. The molecule has 1 amide bonds. The van der Waals surface area contributed by atoms with Gasteiger partial charge in [-0.2, -0.15) is 0 Å². The van der Waals surface area contributed by atoms with Crippen LogP contribution in [0.1, 0.15) is 10.4 Å². The van der Waals surface area contributed by atoms with Crippen molar-refractivity contribution < 1.29 is 9.53 Å². The SMILES string of the molecule is O=C(Nc1ccc(Nc2ccccc2)cc1)c1ccc(N2CCOCC2)nc1. The number of hydrogen-bond donors (Lipinski definition) is 2. The van der Waals surface area contributed by atoms with Crippen LogP contribution in [0.15, 0.2) is 72.9 Å². The maximum atomic E-state index is 12.5. The van der Waals surface area contributed by atoms with Crippen LogP contribution in [0.2, 0.25) is 0 Å². The Hall–Kier alpha value is -3.38. The number of morpholine rings is 1. The summed E-state index contributed by atoms with van der Waals surface area (Å²) in [7, 11) is 0. The van der Waals surface area contributed by atoms with Gasteiger partial charge < -0.3 is 20.3 Å². The zero-order chi connectivity index (χ0) is 19.2. The molecule has 1 aliphatic heterocycles. The highest BCUT2D eigenvalue weighted by Gasteiger charge is 2.13. The van der Waals surface area contributed by atoms with Crippen molar-refractivity contribution in [1.29, 1.82) is 0 Å². The molecule has 1 fully saturated rings. The number of carbonyl (C=O) groups excluding carboxylic acids is 1. The summed E-state index contributed by atoms with van der Waals surface area (Å²) < 4.78 is 5.35. The molecule has 0 saturated carbocycles. The average molecular weight is 374 g/mol. The number of pyridine rings is 1. The highest BCUT2D eigenvalue weighted by molar-refractivity contribution is 6.04. The van der Waals surface area contributed by atoms with Crippen molar-refractivity contribution in [2.75, 3.05) is 41.8 Å². The van der Waals surface area contributed by atoms with Crippen molar-refractivity contribution in [3.8, 4) is 0 Å². The molecule has 1 saturated heterocycles. The van der Waals surface area contributed by atoms with E-state index >= 15 is 0 Å². The van der Waals surface area contributed by atoms with Crippen molar-refractivity contribution in [2.45, 2.75) is 0 Å². The number of carbonyl (C=O) groups is 1. The van der Waals surface area contributed by atoms with Crippen molar-refractivity contribution >= 4 is 28.8 Å². The molecule has 0 unspecified atom stereocenters. The van der Waals surface area contributed by atoms with E-state index in [-0.39, 0.29) is 5.91 Å². The Balaban J connectivity index is 1.36. The maximum Gasteiger partial charge on any atom is 0.257 e. The molecular formula is C22H22N4O2.